The zero-order valence-corrected chi connectivity index (χ0v) is 11.4. The van der Waals surface area contributed by atoms with Gasteiger partial charge in [-0.1, -0.05) is 12.2 Å². The van der Waals surface area contributed by atoms with Gasteiger partial charge >= 0.3 is 0 Å². The van der Waals surface area contributed by atoms with E-state index in [1.165, 1.54) is 0 Å². The van der Waals surface area contributed by atoms with Crippen LogP contribution >= 0.6 is 12.2 Å². The minimum absolute atomic E-state index is 0.0942. The highest BCUT2D eigenvalue weighted by Gasteiger charge is 2.18. The van der Waals surface area contributed by atoms with Gasteiger partial charge in [0.15, 0.2) is 0 Å². The van der Waals surface area contributed by atoms with Crippen molar-refractivity contribution in [3.8, 4) is 0 Å². The number of methoxy groups -OCH3 is 1. The number of hydrogen-bond acceptors (Lipinski definition) is 4. The minimum atomic E-state index is -0.0942. The van der Waals surface area contributed by atoms with Crippen molar-refractivity contribution in [2.45, 2.75) is 6.42 Å². The number of aryl methyl sites for hydroxylation is 1. The van der Waals surface area contributed by atoms with Crippen LogP contribution in [0.25, 0.3) is 0 Å². The lowest BCUT2D eigenvalue weighted by Gasteiger charge is -2.22. The molecule has 1 amide bonds. The first kappa shape index (κ1) is 14.6. The Kier molecular flexibility index (Phi) is 5.73. The van der Waals surface area contributed by atoms with E-state index >= 15 is 0 Å². The Morgan fingerprint density at radius 3 is 2.83 bits per heavy atom. The fraction of sp³-hybridized carbons (Fsp3) is 0.545. The molecule has 1 rings (SSSR count). The molecular weight excluding hydrogens is 252 g/mol. The SMILES string of the molecule is COCCN(CCC(N)=S)C(=O)c1cncn1C. The van der Waals surface area contributed by atoms with Gasteiger partial charge in [0, 0.05) is 33.7 Å². The Labute approximate surface area is 112 Å². The number of amides is 1. The van der Waals surface area contributed by atoms with Crippen molar-refractivity contribution in [3.63, 3.8) is 0 Å². The van der Waals surface area contributed by atoms with Gasteiger partial charge in [-0.2, -0.15) is 0 Å². The Bertz CT molecular complexity index is 419. The molecular formula is C11H18N4O2S. The van der Waals surface area contributed by atoms with E-state index < -0.39 is 0 Å². The Balaban J connectivity index is 2.72. The van der Waals surface area contributed by atoms with Crippen molar-refractivity contribution >= 4 is 23.1 Å². The molecule has 0 fully saturated rings. The number of thiocarbonyl (C=S) groups is 1. The summed E-state index contributed by atoms with van der Waals surface area (Å²) >= 11 is 4.83. The van der Waals surface area contributed by atoms with Gasteiger partial charge < -0.3 is 19.9 Å². The molecule has 0 radical (unpaired) electrons. The van der Waals surface area contributed by atoms with Gasteiger partial charge in [0.05, 0.1) is 24.1 Å². The zero-order valence-electron chi connectivity index (χ0n) is 10.6. The van der Waals surface area contributed by atoms with Crippen molar-refractivity contribution in [2.24, 2.45) is 12.8 Å². The summed E-state index contributed by atoms with van der Waals surface area (Å²) in [5, 5.41) is 0. The van der Waals surface area contributed by atoms with Gasteiger partial charge in [0.1, 0.15) is 5.69 Å². The van der Waals surface area contributed by atoms with Crippen LogP contribution < -0.4 is 5.73 Å². The topological polar surface area (TPSA) is 73.4 Å². The molecule has 100 valence electrons. The summed E-state index contributed by atoms with van der Waals surface area (Å²) in [6.45, 7) is 1.47. The maximum Gasteiger partial charge on any atom is 0.272 e. The summed E-state index contributed by atoms with van der Waals surface area (Å²) in [6, 6.07) is 0. The van der Waals surface area contributed by atoms with E-state index in [4.69, 9.17) is 22.7 Å². The molecule has 1 aromatic heterocycles. The molecule has 0 atom stereocenters. The van der Waals surface area contributed by atoms with Crippen LogP contribution in [0.15, 0.2) is 12.5 Å². The zero-order chi connectivity index (χ0) is 13.5. The van der Waals surface area contributed by atoms with E-state index in [1.54, 1.807) is 36.1 Å². The third-order valence-electron chi connectivity index (χ3n) is 2.52. The number of rotatable bonds is 7. The summed E-state index contributed by atoms with van der Waals surface area (Å²) < 4.78 is 6.68. The van der Waals surface area contributed by atoms with Crippen molar-refractivity contribution < 1.29 is 9.53 Å². The fourth-order valence-electron chi connectivity index (χ4n) is 1.49. The molecule has 18 heavy (non-hydrogen) atoms. The molecule has 0 unspecified atom stereocenters. The molecule has 6 nitrogen and oxygen atoms in total. The first-order valence-electron chi connectivity index (χ1n) is 5.59. The molecule has 0 bridgehead atoms. The summed E-state index contributed by atoms with van der Waals surface area (Å²) in [5.41, 5.74) is 6.00. The molecule has 0 aliphatic heterocycles. The van der Waals surface area contributed by atoms with Crippen molar-refractivity contribution in [1.29, 1.82) is 0 Å². The summed E-state index contributed by atoms with van der Waals surface area (Å²) in [5.74, 6) is -0.0942. The second kappa shape index (κ2) is 7.07. The molecule has 2 N–H and O–H groups in total. The van der Waals surface area contributed by atoms with Crippen LogP contribution in [0.4, 0.5) is 0 Å². The molecule has 0 aliphatic rings. The van der Waals surface area contributed by atoms with Crippen LogP contribution in [0.5, 0.6) is 0 Å². The second-order valence-electron chi connectivity index (χ2n) is 3.89. The maximum atomic E-state index is 12.3. The highest BCUT2D eigenvalue weighted by molar-refractivity contribution is 7.80. The van der Waals surface area contributed by atoms with Crippen molar-refractivity contribution in [3.05, 3.63) is 18.2 Å². The predicted molar refractivity (Wildman–Crippen MR) is 72.4 cm³/mol. The fourth-order valence-corrected chi connectivity index (χ4v) is 1.58. The third kappa shape index (κ3) is 4.08. The predicted octanol–water partition coefficient (Wildman–Crippen LogP) is 0.185. The average molecular weight is 270 g/mol. The van der Waals surface area contributed by atoms with E-state index in [2.05, 4.69) is 4.98 Å². The first-order valence-corrected chi connectivity index (χ1v) is 6.00. The molecule has 0 spiro atoms. The van der Waals surface area contributed by atoms with Gasteiger partial charge in [-0.25, -0.2) is 4.98 Å². The summed E-state index contributed by atoms with van der Waals surface area (Å²) in [6.07, 6.45) is 3.64. The van der Waals surface area contributed by atoms with E-state index in [0.717, 1.165) is 0 Å². The van der Waals surface area contributed by atoms with Crippen LogP contribution in [0.2, 0.25) is 0 Å². The largest absolute Gasteiger partial charge is 0.393 e. The number of aromatic nitrogens is 2. The van der Waals surface area contributed by atoms with Gasteiger partial charge in [0.2, 0.25) is 0 Å². The van der Waals surface area contributed by atoms with E-state index in [9.17, 15) is 4.79 Å². The van der Waals surface area contributed by atoms with Crippen LogP contribution in [0, 0.1) is 0 Å². The quantitative estimate of drug-likeness (QED) is 0.716. The number of nitrogens with two attached hydrogens (primary N) is 1. The van der Waals surface area contributed by atoms with Crippen molar-refractivity contribution in [1.82, 2.24) is 14.5 Å². The van der Waals surface area contributed by atoms with E-state index in [-0.39, 0.29) is 5.91 Å². The van der Waals surface area contributed by atoms with Crippen LogP contribution in [0.3, 0.4) is 0 Å². The van der Waals surface area contributed by atoms with E-state index in [1.807, 2.05) is 0 Å². The normalized spacial score (nSPS) is 10.3. The molecule has 0 saturated heterocycles. The van der Waals surface area contributed by atoms with Crippen LogP contribution in [-0.4, -0.2) is 52.2 Å². The van der Waals surface area contributed by atoms with Crippen molar-refractivity contribution in [2.75, 3.05) is 26.8 Å². The average Bonchev–Trinajstić information content (AvgIpc) is 2.74. The highest BCUT2D eigenvalue weighted by atomic mass is 32.1. The Morgan fingerprint density at radius 2 is 2.33 bits per heavy atom. The molecule has 1 aromatic rings. The second-order valence-corrected chi connectivity index (χ2v) is 4.42. The lowest BCUT2D eigenvalue weighted by molar-refractivity contribution is 0.0692. The van der Waals surface area contributed by atoms with Gasteiger partial charge in [-0.05, 0) is 0 Å². The number of nitrogens with zero attached hydrogens (tertiary/aromatic N) is 3. The first-order chi connectivity index (χ1) is 8.56. The number of carbonyl (C=O) groups is 1. The number of imidazole rings is 1. The van der Waals surface area contributed by atoms with Gasteiger partial charge in [-0.3, -0.25) is 4.79 Å². The van der Waals surface area contributed by atoms with E-state index in [0.29, 0.717) is 36.8 Å². The number of hydrogen-bond donors (Lipinski definition) is 1. The smallest absolute Gasteiger partial charge is 0.272 e. The highest BCUT2D eigenvalue weighted by Crippen LogP contribution is 2.04. The minimum Gasteiger partial charge on any atom is -0.393 e. The van der Waals surface area contributed by atoms with Gasteiger partial charge in [0.25, 0.3) is 5.91 Å². The molecule has 0 aromatic carbocycles. The standard InChI is InChI=1S/C11H18N4O2S/c1-14-8-13-7-9(14)11(16)15(5-6-17-2)4-3-10(12)18/h7-8H,3-6H2,1-2H3,(H2,12,18). The van der Waals surface area contributed by atoms with Gasteiger partial charge in [-0.15, -0.1) is 0 Å². The monoisotopic (exact) mass is 270 g/mol. The molecule has 0 aliphatic carbocycles. The molecule has 7 heteroatoms. The summed E-state index contributed by atoms with van der Waals surface area (Å²) in [7, 11) is 3.38. The molecule has 1 heterocycles. The number of carbonyl (C=O) groups excluding carboxylic acids is 1. The van der Waals surface area contributed by atoms with Crippen LogP contribution in [0.1, 0.15) is 16.9 Å². The maximum absolute atomic E-state index is 12.3. The molecule has 0 saturated carbocycles. The lowest BCUT2D eigenvalue weighted by Crippen LogP contribution is -2.37. The van der Waals surface area contributed by atoms with Crippen LogP contribution in [-0.2, 0) is 11.8 Å². The summed E-state index contributed by atoms with van der Waals surface area (Å²) in [4.78, 5) is 18.3. The lowest BCUT2D eigenvalue weighted by atomic mass is 10.3. The number of ether oxygens (including phenoxy) is 1. The Hall–Kier alpha value is -1.47. The Morgan fingerprint density at radius 1 is 1.61 bits per heavy atom. The third-order valence-corrected chi connectivity index (χ3v) is 2.72.